The van der Waals surface area contributed by atoms with Crippen LogP contribution in [0.1, 0.15) is 33.6 Å². The Bertz CT molecular complexity index is 309. The fourth-order valence-corrected chi connectivity index (χ4v) is 2.76. The van der Waals surface area contributed by atoms with Gasteiger partial charge in [-0.2, -0.15) is 0 Å². The number of likely N-dealkylation sites (N-methyl/N-ethyl adjacent to an activating group) is 1. The van der Waals surface area contributed by atoms with Crippen molar-refractivity contribution in [2.45, 2.75) is 51.7 Å². The molecule has 1 aliphatic heterocycles. The van der Waals surface area contributed by atoms with Gasteiger partial charge in [-0.05, 0) is 33.6 Å². The molecule has 0 saturated carbocycles. The van der Waals surface area contributed by atoms with Gasteiger partial charge in [0.25, 0.3) is 0 Å². The molecule has 1 saturated heterocycles. The summed E-state index contributed by atoms with van der Waals surface area (Å²) in [7, 11) is 2.97. The van der Waals surface area contributed by atoms with Crippen LogP contribution in [0.4, 0.5) is 0 Å². The van der Waals surface area contributed by atoms with Gasteiger partial charge in [0.2, 0.25) is 5.91 Å². The Morgan fingerprint density at radius 3 is 2.28 bits per heavy atom. The Hall–Kier alpha value is -1.10. The number of likely N-dealkylation sites (tertiary alicyclic amines) is 1. The predicted molar refractivity (Wildman–Crippen MR) is 69.1 cm³/mol. The van der Waals surface area contributed by atoms with E-state index in [1.54, 1.807) is 7.05 Å². The third-order valence-corrected chi connectivity index (χ3v) is 3.79. The molecule has 1 fully saturated rings. The smallest absolute Gasteiger partial charge is 0.325 e. The molecule has 0 bridgehead atoms. The van der Waals surface area contributed by atoms with E-state index in [0.717, 1.165) is 12.8 Å². The standard InChI is InChI=1S/C13H24N2O3/c1-9-6-7-10(2)15(9)11(3)13(17)14(4)8-12(16)18-5/h9-11H,6-8H2,1-5H3. The summed E-state index contributed by atoms with van der Waals surface area (Å²) in [5.41, 5.74) is 0. The van der Waals surface area contributed by atoms with E-state index in [1.807, 2.05) is 6.92 Å². The van der Waals surface area contributed by atoms with Crippen molar-refractivity contribution in [3.05, 3.63) is 0 Å². The molecule has 1 amide bonds. The van der Waals surface area contributed by atoms with Gasteiger partial charge in [0.1, 0.15) is 6.54 Å². The van der Waals surface area contributed by atoms with Crippen LogP contribution < -0.4 is 0 Å². The highest BCUT2D eigenvalue weighted by atomic mass is 16.5. The Balaban J connectivity index is 2.62. The minimum atomic E-state index is -0.388. The van der Waals surface area contributed by atoms with Gasteiger partial charge in [-0.3, -0.25) is 14.5 Å². The number of nitrogens with zero attached hydrogens (tertiary/aromatic N) is 2. The van der Waals surface area contributed by atoms with E-state index in [4.69, 9.17) is 0 Å². The van der Waals surface area contributed by atoms with Crippen LogP contribution in [0.3, 0.4) is 0 Å². The number of hydrogen-bond donors (Lipinski definition) is 0. The highest BCUT2D eigenvalue weighted by Crippen LogP contribution is 2.26. The quantitative estimate of drug-likeness (QED) is 0.701. The molecule has 1 rings (SSSR count). The van der Waals surface area contributed by atoms with E-state index in [-0.39, 0.29) is 24.5 Å². The maximum atomic E-state index is 12.2. The third kappa shape index (κ3) is 3.22. The molecule has 0 aliphatic carbocycles. The summed E-state index contributed by atoms with van der Waals surface area (Å²) in [6.07, 6.45) is 2.25. The monoisotopic (exact) mass is 256 g/mol. The Morgan fingerprint density at radius 1 is 1.33 bits per heavy atom. The summed E-state index contributed by atoms with van der Waals surface area (Å²) in [6, 6.07) is 0.656. The third-order valence-electron chi connectivity index (χ3n) is 3.79. The van der Waals surface area contributed by atoms with Gasteiger partial charge in [-0.15, -0.1) is 0 Å². The Labute approximate surface area is 109 Å². The molecule has 1 heterocycles. The van der Waals surface area contributed by atoms with Gasteiger partial charge in [-0.1, -0.05) is 0 Å². The number of rotatable bonds is 4. The van der Waals surface area contributed by atoms with Crippen LogP contribution in [0.25, 0.3) is 0 Å². The average molecular weight is 256 g/mol. The number of amides is 1. The highest BCUT2D eigenvalue weighted by molar-refractivity contribution is 5.85. The van der Waals surface area contributed by atoms with E-state index < -0.39 is 0 Å². The summed E-state index contributed by atoms with van der Waals surface area (Å²) >= 11 is 0. The molecule has 0 aromatic rings. The predicted octanol–water partition coefficient (Wildman–Crippen LogP) is 0.879. The zero-order chi connectivity index (χ0) is 13.9. The van der Waals surface area contributed by atoms with E-state index >= 15 is 0 Å². The molecule has 5 nitrogen and oxygen atoms in total. The number of carbonyl (C=O) groups is 2. The van der Waals surface area contributed by atoms with E-state index in [0.29, 0.717) is 12.1 Å². The van der Waals surface area contributed by atoms with Gasteiger partial charge in [0, 0.05) is 19.1 Å². The zero-order valence-electron chi connectivity index (χ0n) is 12.0. The number of hydrogen-bond acceptors (Lipinski definition) is 4. The van der Waals surface area contributed by atoms with Gasteiger partial charge in [0.05, 0.1) is 13.2 Å². The first kappa shape index (κ1) is 15.0. The second-order valence-electron chi connectivity index (χ2n) is 5.17. The molecule has 3 unspecified atom stereocenters. The zero-order valence-corrected chi connectivity index (χ0v) is 12.0. The molecular formula is C13H24N2O3. The number of esters is 1. The highest BCUT2D eigenvalue weighted by Gasteiger charge is 2.35. The van der Waals surface area contributed by atoms with E-state index in [2.05, 4.69) is 23.5 Å². The number of carbonyl (C=O) groups excluding carboxylic acids is 2. The molecule has 5 heteroatoms. The minimum Gasteiger partial charge on any atom is -0.468 e. The number of methoxy groups -OCH3 is 1. The summed E-state index contributed by atoms with van der Waals surface area (Å²) in [6.45, 7) is 6.21. The topological polar surface area (TPSA) is 49.9 Å². The lowest BCUT2D eigenvalue weighted by Crippen LogP contribution is -2.50. The van der Waals surface area contributed by atoms with Crippen molar-refractivity contribution in [3.8, 4) is 0 Å². The molecule has 0 N–H and O–H groups in total. The van der Waals surface area contributed by atoms with Gasteiger partial charge >= 0.3 is 5.97 Å². The molecule has 0 aromatic carbocycles. The summed E-state index contributed by atoms with van der Waals surface area (Å²) in [5, 5.41) is 0. The largest absolute Gasteiger partial charge is 0.468 e. The fourth-order valence-electron chi connectivity index (χ4n) is 2.76. The summed E-state index contributed by atoms with van der Waals surface area (Å²) in [4.78, 5) is 27.1. The molecule has 0 aromatic heterocycles. The second-order valence-corrected chi connectivity index (χ2v) is 5.17. The van der Waals surface area contributed by atoms with E-state index in [1.165, 1.54) is 12.0 Å². The van der Waals surface area contributed by atoms with Gasteiger partial charge in [0.15, 0.2) is 0 Å². The fraction of sp³-hybridized carbons (Fsp3) is 0.846. The van der Waals surface area contributed by atoms with Crippen molar-refractivity contribution >= 4 is 11.9 Å². The van der Waals surface area contributed by atoms with E-state index in [9.17, 15) is 9.59 Å². The van der Waals surface area contributed by atoms with Gasteiger partial charge < -0.3 is 9.64 Å². The molecule has 0 radical (unpaired) electrons. The molecule has 18 heavy (non-hydrogen) atoms. The number of ether oxygens (including phenoxy) is 1. The molecule has 3 atom stereocenters. The van der Waals surface area contributed by atoms with Crippen LogP contribution in [0, 0.1) is 0 Å². The molecular weight excluding hydrogens is 232 g/mol. The Kier molecular flexibility index (Phi) is 5.14. The van der Waals surface area contributed by atoms with Crippen molar-refractivity contribution in [3.63, 3.8) is 0 Å². The van der Waals surface area contributed by atoms with Crippen LogP contribution in [0.5, 0.6) is 0 Å². The Morgan fingerprint density at radius 2 is 1.83 bits per heavy atom. The first-order valence-corrected chi connectivity index (χ1v) is 6.47. The average Bonchev–Trinajstić information content (AvgIpc) is 2.66. The van der Waals surface area contributed by atoms with Crippen LogP contribution in [-0.4, -0.2) is 60.5 Å². The maximum Gasteiger partial charge on any atom is 0.325 e. The van der Waals surface area contributed by atoms with Crippen LogP contribution in [-0.2, 0) is 14.3 Å². The van der Waals surface area contributed by atoms with Crippen LogP contribution >= 0.6 is 0 Å². The van der Waals surface area contributed by atoms with Crippen LogP contribution in [0.15, 0.2) is 0 Å². The lowest BCUT2D eigenvalue weighted by atomic mass is 10.2. The van der Waals surface area contributed by atoms with Crippen molar-refractivity contribution < 1.29 is 14.3 Å². The van der Waals surface area contributed by atoms with Gasteiger partial charge in [-0.25, -0.2) is 0 Å². The van der Waals surface area contributed by atoms with Crippen molar-refractivity contribution in [1.82, 2.24) is 9.80 Å². The van der Waals surface area contributed by atoms with Crippen molar-refractivity contribution in [2.75, 3.05) is 20.7 Å². The second kappa shape index (κ2) is 6.18. The van der Waals surface area contributed by atoms with Crippen molar-refractivity contribution in [1.29, 1.82) is 0 Å². The lowest BCUT2D eigenvalue weighted by molar-refractivity contribution is -0.148. The molecule has 0 spiro atoms. The first-order chi connectivity index (χ1) is 8.38. The molecule has 104 valence electrons. The summed E-state index contributed by atoms with van der Waals surface area (Å²) in [5.74, 6) is -0.415. The lowest BCUT2D eigenvalue weighted by Gasteiger charge is -2.33. The minimum absolute atomic E-state index is 0.0102. The maximum absolute atomic E-state index is 12.2. The normalized spacial score (nSPS) is 25.8. The first-order valence-electron chi connectivity index (χ1n) is 6.47. The summed E-state index contributed by atoms with van der Waals surface area (Å²) < 4.78 is 4.57. The molecule has 1 aliphatic rings. The van der Waals surface area contributed by atoms with Crippen molar-refractivity contribution in [2.24, 2.45) is 0 Å². The SMILES string of the molecule is COC(=O)CN(C)C(=O)C(C)N1C(C)CCC1C. The van der Waals surface area contributed by atoms with Crippen LogP contribution in [0.2, 0.25) is 0 Å².